The lowest BCUT2D eigenvalue weighted by Gasteiger charge is -2.24. The maximum atomic E-state index is 12.2. The quantitative estimate of drug-likeness (QED) is 0.849. The summed E-state index contributed by atoms with van der Waals surface area (Å²) in [5.41, 5.74) is 0.255. The van der Waals surface area contributed by atoms with Crippen molar-refractivity contribution in [1.82, 2.24) is 5.32 Å². The van der Waals surface area contributed by atoms with Gasteiger partial charge in [-0.3, -0.25) is 4.79 Å². The van der Waals surface area contributed by atoms with Gasteiger partial charge in [0.2, 0.25) is 0 Å². The number of amides is 1. The SMILES string of the molecule is COc1ccccc1CCNC(=O)[C@@]1(OC)CCOC1. The molecule has 1 N–H and O–H groups in total. The molecule has 1 amide bonds. The summed E-state index contributed by atoms with van der Waals surface area (Å²) in [6.07, 6.45) is 1.32. The van der Waals surface area contributed by atoms with Gasteiger partial charge in [0, 0.05) is 20.1 Å². The molecule has 1 aliphatic heterocycles. The Kier molecular flexibility index (Phi) is 4.98. The molecule has 0 bridgehead atoms. The maximum absolute atomic E-state index is 12.2. The molecule has 110 valence electrons. The van der Waals surface area contributed by atoms with Crippen LogP contribution in [0.5, 0.6) is 5.75 Å². The van der Waals surface area contributed by atoms with Crippen LogP contribution in [-0.4, -0.2) is 45.5 Å². The minimum atomic E-state index is -0.819. The van der Waals surface area contributed by atoms with Crippen molar-refractivity contribution in [3.8, 4) is 5.75 Å². The number of hydrogen-bond acceptors (Lipinski definition) is 4. The molecule has 20 heavy (non-hydrogen) atoms. The zero-order chi connectivity index (χ0) is 14.4. The van der Waals surface area contributed by atoms with Crippen molar-refractivity contribution in [2.75, 3.05) is 34.0 Å². The van der Waals surface area contributed by atoms with Crippen molar-refractivity contribution in [2.45, 2.75) is 18.4 Å². The van der Waals surface area contributed by atoms with Crippen molar-refractivity contribution < 1.29 is 19.0 Å². The summed E-state index contributed by atoms with van der Waals surface area (Å²) in [4.78, 5) is 12.2. The highest BCUT2D eigenvalue weighted by Crippen LogP contribution is 2.23. The number of rotatable bonds is 6. The second-order valence-electron chi connectivity index (χ2n) is 4.82. The number of methoxy groups -OCH3 is 2. The monoisotopic (exact) mass is 279 g/mol. The Morgan fingerprint density at radius 3 is 2.85 bits per heavy atom. The molecular formula is C15H21NO4. The van der Waals surface area contributed by atoms with Gasteiger partial charge in [0.05, 0.1) is 20.3 Å². The van der Waals surface area contributed by atoms with Gasteiger partial charge in [0.15, 0.2) is 5.60 Å². The molecule has 0 saturated carbocycles. The average Bonchev–Trinajstić information content (AvgIpc) is 2.98. The maximum Gasteiger partial charge on any atom is 0.254 e. The molecule has 5 heteroatoms. The van der Waals surface area contributed by atoms with E-state index in [1.165, 1.54) is 0 Å². The molecule has 1 aromatic rings. The number of benzene rings is 1. The van der Waals surface area contributed by atoms with Crippen LogP contribution in [0.4, 0.5) is 0 Å². The molecule has 2 rings (SSSR count). The first-order chi connectivity index (χ1) is 9.72. The summed E-state index contributed by atoms with van der Waals surface area (Å²) >= 11 is 0. The van der Waals surface area contributed by atoms with E-state index in [4.69, 9.17) is 14.2 Å². The van der Waals surface area contributed by atoms with Gasteiger partial charge in [-0.05, 0) is 18.1 Å². The molecule has 1 atom stereocenters. The molecule has 1 aliphatic rings. The summed E-state index contributed by atoms with van der Waals surface area (Å²) in [6, 6.07) is 7.80. The first kappa shape index (κ1) is 14.8. The van der Waals surface area contributed by atoms with Crippen LogP contribution in [0.25, 0.3) is 0 Å². The molecule has 0 spiro atoms. The van der Waals surface area contributed by atoms with Crippen LogP contribution in [0, 0.1) is 0 Å². The lowest BCUT2D eigenvalue weighted by Crippen LogP contribution is -2.49. The number of carbonyl (C=O) groups is 1. The predicted octanol–water partition coefficient (Wildman–Crippen LogP) is 1.16. The zero-order valence-corrected chi connectivity index (χ0v) is 12.0. The van der Waals surface area contributed by atoms with Crippen LogP contribution in [0.1, 0.15) is 12.0 Å². The molecule has 1 heterocycles. The van der Waals surface area contributed by atoms with Gasteiger partial charge >= 0.3 is 0 Å². The van der Waals surface area contributed by atoms with Crippen LogP contribution >= 0.6 is 0 Å². The first-order valence-electron chi connectivity index (χ1n) is 6.75. The highest BCUT2D eigenvalue weighted by molar-refractivity contribution is 5.85. The van der Waals surface area contributed by atoms with Gasteiger partial charge in [-0.2, -0.15) is 0 Å². The molecule has 1 fully saturated rings. The normalized spacial score (nSPS) is 21.7. The number of nitrogens with one attached hydrogen (secondary N) is 1. The van der Waals surface area contributed by atoms with E-state index in [2.05, 4.69) is 5.32 Å². The summed E-state index contributed by atoms with van der Waals surface area (Å²) in [6.45, 7) is 1.43. The van der Waals surface area contributed by atoms with E-state index in [1.807, 2.05) is 24.3 Å². The van der Waals surface area contributed by atoms with Crippen LogP contribution < -0.4 is 10.1 Å². The fraction of sp³-hybridized carbons (Fsp3) is 0.533. The van der Waals surface area contributed by atoms with Crippen molar-refractivity contribution in [2.24, 2.45) is 0 Å². The third-order valence-corrected chi connectivity index (χ3v) is 3.66. The molecule has 5 nitrogen and oxygen atoms in total. The molecule has 1 saturated heterocycles. The van der Waals surface area contributed by atoms with E-state index in [0.29, 0.717) is 26.2 Å². The van der Waals surface area contributed by atoms with E-state index >= 15 is 0 Å². The topological polar surface area (TPSA) is 56.8 Å². The van der Waals surface area contributed by atoms with Crippen LogP contribution in [0.2, 0.25) is 0 Å². The highest BCUT2D eigenvalue weighted by atomic mass is 16.6. The van der Waals surface area contributed by atoms with Crippen molar-refractivity contribution >= 4 is 5.91 Å². The predicted molar refractivity (Wildman–Crippen MR) is 74.9 cm³/mol. The lowest BCUT2D eigenvalue weighted by atomic mass is 10.0. The lowest BCUT2D eigenvalue weighted by molar-refractivity contribution is -0.143. The highest BCUT2D eigenvalue weighted by Gasteiger charge is 2.42. The number of hydrogen-bond donors (Lipinski definition) is 1. The molecule has 0 aromatic heterocycles. The minimum absolute atomic E-state index is 0.104. The van der Waals surface area contributed by atoms with Gasteiger partial charge in [-0.15, -0.1) is 0 Å². The number of carbonyl (C=O) groups excluding carboxylic acids is 1. The van der Waals surface area contributed by atoms with E-state index in [-0.39, 0.29) is 5.91 Å². The number of para-hydroxylation sites is 1. The van der Waals surface area contributed by atoms with Gasteiger partial charge in [0.1, 0.15) is 5.75 Å². The Morgan fingerprint density at radius 1 is 1.40 bits per heavy atom. The Labute approximate surface area is 119 Å². The fourth-order valence-electron chi connectivity index (χ4n) is 2.36. The third-order valence-electron chi connectivity index (χ3n) is 3.66. The zero-order valence-electron chi connectivity index (χ0n) is 12.0. The Bertz CT molecular complexity index is 455. The van der Waals surface area contributed by atoms with E-state index < -0.39 is 5.60 Å². The molecule has 0 unspecified atom stereocenters. The standard InChI is InChI=1S/C15H21NO4/c1-18-13-6-4-3-5-12(13)7-9-16-14(17)15(19-2)8-10-20-11-15/h3-6H,7-11H2,1-2H3,(H,16,17)/t15-/m1/s1. The third kappa shape index (κ3) is 3.11. The van der Waals surface area contributed by atoms with Crippen LogP contribution in [0.15, 0.2) is 24.3 Å². The molecule has 0 radical (unpaired) electrons. The van der Waals surface area contributed by atoms with Gasteiger partial charge < -0.3 is 19.5 Å². The minimum Gasteiger partial charge on any atom is -0.496 e. The Balaban J connectivity index is 1.88. The second kappa shape index (κ2) is 6.72. The molecular weight excluding hydrogens is 258 g/mol. The summed E-state index contributed by atoms with van der Waals surface area (Å²) in [5.74, 6) is 0.736. The summed E-state index contributed by atoms with van der Waals surface area (Å²) < 4.78 is 15.9. The second-order valence-corrected chi connectivity index (χ2v) is 4.82. The van der Waals surface area contributed by atoms with E-state index in [1.54, 1.807) is 14.2 Å². The first-order valence-corrected chi connectivity index (χ1v) is 6.75. The summed E-state index contributed by atoms with van der Waals surface area (Å²) in [5, 5.41) is 2.92. The smallest absolute Gasteiger partial charge is 0.254 e. The average molecular weight is 279 g/mol. The van der Waals surface area contributed by atoms with Crippen molar-refractivity contribution in [3.63, 3.8) is 0 Å². The molecule has 0 aliphatic carbocycles. The van der Waals surface area contributed by atoms with Crippen LogP contribution in [0.3, 0.4) is 0 Å². The van der Waals surface area contributed by atoms with Gasteiger partial charge in [-0.25, -0.2) is 0 Å². The Morgan fingerprint density at radius 2 is 2.20 bits per heavy atom. The van der Waals surface area contributed by atoms with Gasteiger partial charge in [-0.1, -0.05) is 18.2 Å². The van der Waals surface area contributed by atoms with Gasteiger partial charge in [0.25, 0.3) is 5.91 Å². The number of ether oxygens (including phenoxy) is 3. The van der Waals surface area contributed by atoms with E-state index in [0.717, 1.165) is 17.7 Å². The largest absolute Gasteiger partial charge is 0.496 e. The molecule has 1 aromatic carbocycles. The van der Waals surface area contributed by atoms with Crippen molar-refractivity contribution in [1.29, 1.82) is 0 Å². The van der Waals surface area contributed by atoms with Crippen molar-refractivity contribution in [3.05, 3.63) is 29.8 Å². The fourth-order valence-corrected chi connectivity index (χ4v) is 2.36. The van der Waals surface area contributed by atoms with Crippen LogP contribution in [-0.2, 0) is 20.7 Å². The summed E-state index contributed by atoms with van der Waals surface area (Å²) in [7, 11) is 3.20. The van der Waals surface area contributed by atoms with E-state index in [9.17, 15) is 4.79 Å². The Hall–Kier alpha value is -1.59.